The first kappa shape index (κ1) is 9.04. The summed E-state index contributed by atoms with van der Waals surface area (Å²) in [7, 11) is 0. The van der Waals surface area contributed by atoms with Crippen LogP contribution in [0.25, 0.3) is 10.4 Å². The van der Waals surface area contributed by atoms with Crippen molar-refractivity contribution in [1.29, 1.82) is 0 Å². The number of hydrogen-bond donors (Lipinski definition) is 0. The van der Waals surface area contributed by atoms with Gasteiger partial charge in [-0.3, -0.25) is 0 Å². The molecule has 0 heterocycles. The first-order valence-corrected chi connectivity index (χ1v) is 4.51. The summed E-state index contributed by atoms with van der Waals surface area (Å²) in [6, 6.07) is 0. The lowest BCUT2D eigenvalue weighted by Crippen LogP contribution is -1.80. The summed E-state index contributed by atoms with van der Waals surface area (Å²) in [5.41, 5.74) is 7.88. The van der Waals surface area contributed by atoms with E-state index in [1.807, 2.05) is 0 Å². The van der Waals surface area contributed by atoms with Gasteiger partial charge in [-0.25, -0.2) is 0 Å². The molecule has 0 saturated heterocycles. The Morgan fingerprint density at radius 1 is 1.33 bits per heavy atom. The van der Waals surface area contributed by atoms with Crippen LogP contribution in [0.2, 0.25) is 0 Å². The molecule has 0 spiro atoms. The molecular weight excluding hydrogens is 229 g/mol. The predicted molar refractivity (Wildman–Crippen MR) is 46.8 cm³/mol. The van der Waals surface area contributed by atoms with Crippen molar-refractivity contribution >= 4 is 22.6 Å². The van der Waals surface area contributed by atoms with Crippen molar-refractivity contribution in [2.75, 3.05) is 11.0 Å². The van der Waals surface area contributed by atoms with Crippen LogP contribution >= 0.6 is 22.6 Å². The highest BCUT2D eigenvalue weighted by Crippen LogP contribution is 1.98. The smallest absolute Gasteiger partial charge is 0.0257 e. The van der Waals surface area contributed by atoms with Crippen LogP contribution in [0.1, 0.15) is 19.3 Å². The van der Waals surface area contributed by atoms with Crippen LogP contribution in [0.3, 0.4) is 0 Å². The van der Waals surface area contributed by atoms with E-state index in [-0.39, 0.29) is 0 Å². The minimum atomic E-state index is 0.660. The van der Waals surface area contributed by atoms with Crippen molar-refractivity contribution in [2.45, 2.75) is 19.3 Å². The number of azide groups is 1. The number of unbranched alkanes of at least 4 members (excludes halogenated alkanes) is 2. The molecule has 0 N–H and O–H groups in total. The fourth-order valence-corrected chi connectivity index (χ4v) is 1.04. The van der Waals surface area contributed by atoms with Gasteiger partial charge in [-0.05, 0) is 22.8 Å². The van der Waals surface area contributed by atoms with Crippen molar-refractivity contribution in [2.24, 2.45) is 5.11 Å². The molecule has 0 aliphatic rings. The molecule has 0 radical (unpaired) electrons. The van der Waals surface area contributed by atoms with Crippen molar-refractivity contribution in [3.8, 4) is 0 Å². The molecule has 0 rings (SSSR count). The lowest BCUT2D eigenvalue weighted by atomic mass is 10.3. The van der Waals surface area contributed by atoms with Crippen LogP contribution in [-0.4, -0.2) is 11.0 Å². The number of nitrogens with zero attached hydrogens (tertiary/aromatic N) is 3. The predicted octanol–water partition coefficient (Wildman–Crippen LogP) is 2.90. The van der Waals surface area contributed by atoms with Crippen molar-refractivity contribution in [3.63, 3.8) is 0 Å². The Morgan fingerprint density at radius 2 is 2.11 bits per heavy atom. The Hall–Kier alpha value is 0.0400. The summed E-state index contributed by atoms with van der Waals surface area (Å²) in [5, 5.41) is 3.42. The van der Waals surface area contributed by atoms with Crippen LogP contribution in [0, 0.1) is 0 Å². The second kappa shape index (κ2) is 8.04. The second-order valence-electron chi connectivity index (χ2n) is 1.70. The van der Waals surface area contributed by atoms with E-state index in [0.717, 1.165) is 6.42 Å². The Labute approximate surface area is 68.6 Å². The minimum Gasteiger partial charge on any atom is -0.0940 e. The van der Waals surface area contributed by atoms with Gasteiger partial charge in [-0.2, -0.15) is 0 Å². The molecule has 0 aromatic carbocycles. The van der Waals surface area contributed by atoms with Crippen LogP contribution in [0.4, 0.5) is 0 Å². The zero-order chi connectivity index (χ0) is 6.95. The molecule has 0 aliphatic heterocycles. The van der Waals surface area contributed by atoms with Gasteiger partial charge in [0.1, 0.15) is 0 Å². The Bertz CT molecular complexity index is 98.4. The average molecular weight is 239 g/mol. The molecule has 3 nitrogen and oxygen atoms in total. The summed E-state index contributed by atoms with van der Waals surface area (Å²) in [6.07, 6.45) is 3.45. The largest absolute Gasteiger partial charge is 0.0940 e. The summed E-state index contributed by atoms with van der Waals surface area (Å²) in [6.45, 7) is 0.660. The van der Waals surface area contributed by atoms with Crippen LogP contribution in [0.5, 0.6) is 0 Å². The van der Waals surface area contributed by atoms with E-state index in [2.05, 4.69) is 32.6 Å². The van der Waals surface area contributed by atoms with Gasteiger partial charge in [0, 0.05) is 11.5 Å². The standard InChI is InChI=1S/C5H10IN3/c6-4-2-1-3-5-8-9-7/h1-5H2. The highest BCUT2D eigenvalue weighted by molar-refractivity contribution is 14.1. The molecule has 0 bridgehead atoms. The number of alkyl halides is 1. The van der Waals surface area contributed by atoms with E-state index in [1.54, 1.807) is 0 Å². The SMILES string of the molecule is [N-]=[N+]=NCCCCCI. The van der Waals surface area contributed by atoms with E-state index in [4.69, 9.17) is 5.53 Å². The molecule has 0 amide bonds. The van der Waals surface area contributed by atoms with Gasteiger partial charge in [0.2, 0.25) is 0 Å². The number of halogens is 1. The van der Waals surface area contributed by atoms with Crippen molar-refractivity contribution < 1.29 is 0 Å². The van der Waals surface area contributed by atoms with Gasteiger partial charge in [0.25, 0.3) is 0 Å². The molecule has 9 heavy (non-hydrogen) atoms. The second-order valence-corrected chi connectivity index (χ2v) is 2.78. The fraction of sp³-hybridized carbons (Fsp3) is 1.00. The maximum absolute atomic E-state index is 7.88. The number of rotatable bonds is 5. The summed E-state index contributed by atoms with van der Waals surface area (Å²) in [5.74, 6) is 0. The summed E-state index contributed by atoms with van der Waals surface area (Å²) < 4.78 is 1.20. The van der Waals surface area contributed by atoms with Crippen LogP contribution in [-0.2, 0) is 0 Å². The van der Waals surface area contributed by atoms with Gasteiger partial charge in [-0.1, -0.05) is 34.1 Å². The summed E-state index contributed by atoms with van der Waals surface area (Å²) in [4.78, 5) is 2.66. The first-order chi connectivity index (χ1) is 4.41. The summed E-state index contributed by atoms with van der Waals surface area (Å²) >= 11 is 2.35. The third kappa shape index (κ3) is 8.04. The quantitative estimate of drug-likeness (QED) is 0.177. The maximum Gasteiger partial charge on any atom is 0.0257 e. The normalized spacial score (nSPS) is 8.56. The molecule has 0 aromatic heterocycles. The monoisotopic (exact) mass is 239 g/mol. The molecule has 0 fully saturated rings. The van der Waals surface area contributed by atoms with Gasteiger partial charge in [0.05, 0.1) is 0 Å². The Balaban J connectivity index is 2.82. The van der Waals surface area contributed by atoms with Gasteiger partial charge in [-0.15, -0.1) is 0 Å². The van der Waals surface area contributed by atoms with Gasteiger partial charge in [0.15, 0.2) is 0 Å². The topological polar surface area (TPSA) is 48.8 Å². The first-order valence-electron chi connectivity index (χ1n) is 2.98. The molecule has 0 aromatic rings. The minimum absolute atomic E-state index is 0.660. The fourth-order valence-electron chi connectivity index (χ4n) is 0.499. The lowest BCUT2D eigenvalue weighted by molar-refractivity contribution is 0.734. The van der Waals surface area contributed by atoms with Gasteiger partial charge >= 0.3 is 0 Å². The molecule has 0 atom stereocenters. The van der Waals surface area contributed by atoms with E-state index in [9.17, 15) is 0 Å². The Kier molecular flexibility index (Phi) is 8.08. The molecule has 0 saturated carbocycles. The zero-order valence-corrected chi connectivity index (χ0v) is 7.41. The molecule has 4 heteroatoms. The van der Waals surface area contributed by atoms with E-state index in [1.165, 1.54) is 17.3 Å². The highest BCUT2D eigenvalue weighted by atomic mass is 127. The third-order valence-corrected chi connectivity index (χ3v) is 1.72. The molecular formula is C5H10IN3. The third-order valence-electron chi connectivity index (χ3n) is 0.955. The van der Waals surface area contributed by atoms with E-state index < -0.39 is 0 Å². The number of hydrogen-bond acceptors (Lipinski definition) is 1. The average Bonchev–Trinajstić information content (AvgIpc) is 1.89. The molecule has 0 unspecified atom stereocenters. The highest BCUT2D eigenvalue weighted by Gasteiger charge is 1.83. The lowest BCUT2D eigenvalue weighted by Gasteiger charge is -1.90. The molecule has 52 valence electrons. The van der Waals surface area contributed by atoms with E-state index in [0.29, 0.717) is 6.54 Å². The van der Waals surface area contributed by atoms with Crippen molar-refractivity contribution in [3.05, 3.63) is 10.4 Å². The van der Waals surface area contributed by atoms with Crippen molar-refractivity contribution in [1.82, 2.24) is 0 Å². The maximum atomic E-state index is 7.88. The Morgan fingerprint density at radius 3 is 2.67 bits per heavy atom. The molecule has 0 aliphatic carbocycles. The van der Waals surface area contributed by atoms with Crippen LogP contribution < -0.4 is 0 Å². The van der Waals surface area contributed by atoms with Crippen LogP contribution in [0.15, 0.2) is 5.11 Å². The van der Waals surface area contributed by atoms with E-state index >= 15 is 0 Å². The zero-order valence-electron chi connectivity index (χ0n) is 5.26. The van der Waals surface area contributed by atoms with Gasteiger partial charge < -0.3 is 0 Å².